The van der Waals surface area contributed by atoms with Gasteiger partial charge in [0.2, 0.25) is 0 Å². The molecule has 1 atom stereocenters. The second kappa shape index (κ2) is 11.2. The number of fused-ring (bicyclic) bond motifs is 1. The highest BCUT2D eigenvalue weighted by Crippen LogP contribution is 2.43. The van der Waals surface area contributed by atoms with Crippen LogP contribution in [0, 0.1) is 6.92 Å². The number of aliphatic hydroxyl groups excluding tert-OH is 1. The fourth-order valence-corrected chi connectivity index (χ4v) is 5.40. The van der Waals surface area contributed by atoms with Crippen LogP contribution in [0.25, 0.3) is 11.4 Å². The summed E-state index contributed by atoms with van der Waals surface area (Å²) in [6, 6.07) is 29.1. The number of pyridine rings is 1. The number of amides is 1. The van der Waals surface area contributed by atoms with E-state index in [0.717, 1.165) is 11.1 Å². The first-order valence-electron chi connectivity index (χ1n) is 13.6. The van der Waals surface area contributed by atoms with E-state index >= 15 is 0 Å². The zero-order chi connectivity index (χ0) is 29.2. The Morgan fingerprint density at radius 3 is 2.29 bits per heavy atom. The number of likely N-dealkylation sites (tertiary alicyclic amines) is 1. The Kier molecular flexibility index (Phi) is 7.19. The summed E-state index contributed by atoms with van der Waals surface area (Å²) in [6.07, 6.45) is 1.77. The molecule has 1 fully saturated rings. The highest BCUT2D eigenvalue weighted by molar-refractivity contribution is 6.46. The van der Waals surface area contributed by atoms with Crippen molar-refractivity contribution in [3.63, 3.8) is 0 Å². The van der Waals surface area contributed by atoms with E-state index in [9.17, 15) is 14.7 Å². The van der Waals surface area contributed by atoms with Crippen molar-refractivity contribution < 1.29 is 24.2 Å². The molecule has 3 heterocycles. The average Bonchev–Trinajstić information content (AvgIpc) is 3.49. The number of aromatic nitrogens is 2. The van der Waals surface area contributed by atoms with E-state index in [1.807, 2.05) is 78.9 Å². The Morgan fingerprint density at radius 1 is 0.881 bits per heavy atom. The Bertz CT molecular complexity index is 1810. The van der Waals surface area contributed by atoms with Crippen LogP contribution in [0.2, 0.25) is 0 Å². The largest absolute Gasteiger partial charge is 0.505 e. The molecule has 3 aromatic carbocycles. The molecule has 42 heavy (non-hydrogen) atoms. The SMILES string of the molecule is COc1cc(C2C(=C(O)c3c(C)nc4ccccn34)C(=O)C(=O)N2Cc2ccccc2)ccc1OCc1ccccc1. The predicted octanol–water partition coefficient (Wildman–Crippen LogP) is 5.85. The van der Waals surface area contributed by atoms with E-state index in [1.165, 1.54) is 12.0 Å². The fourth-order valence-electron chi connectivity index (χ4n) is 5.40. The minimum Gasteiger partial charge on any atom is -0.505 e. The van der Waals surface area contributed by atoms with Crippen molar-refractivity contribution >= 4 is 23.1 Å². The zero-order valence-electron chi connectivity index (χ0n) is 23.2. The van der Waals surface area contributed by atoms with Crippen molar-refractivity contribution in [2.75, 3.05) is 7.11 Å². The lowest BCUT2D eigenvalue weighted by Crippen LogP contribution is -2.29. The maximum absolute atomic E-state index is 13.7. The maximum atomic E-state index is 13.7. The van der Waals surface area contributed by atoms with E-state index in [0.29, 0.717) is 40.7 Å². The van der Waals surface area contributed by atoms with Gasteiger partial charge in [0.1, 0.15) is 17.9 Å². The number of nitrogens with zero attached hydrogens (tertiary/aromatic N) is 3. The number of hydrogen-bond donors (Lipinski definition) is 1. The second-order valence-electron chi connectivity index (χ2n) is 10.1. The topological polar surface area (TPSA) is 93.4 Å². The molecule has 1 aliphatic rings. The summed E-state index contributed by atoms with van der Waals surface area (Å²) in [5, 5.41) is 11.7. The van der Waals surface area contributed by atoms with Gasteiger partial charge >= 0.3 is 0 Å². The van der Waals surface area contributed by atoms with E-state index in [-0.39, 0.29) is 17.9 Å². The molecule has 6 rings (SSSR count). The number of aliphatic hydroxyl groups is 1. The number of ketones is 1. The lowest BCUT2D eigenvalue weighted by molar-refractivity contribution is -0.140. The third kappa shape index (κ3) is 4.88. The van der Waals surface area contributed by atoms with Crippen LogP contribution in [0.1, 0.15) is 34.1 Å². The van der Waals surface area contributed by atoms with Gasteiger partial charge in [-0.3, -0.25) is 14.0 Å². The van der Waals surface area contributed by atoms with Crippen LogP contribution in [0.5, 0.6) is 11.5 Å². The molecule has 1 saturated heterocycles. The number of ether oxygens (including phenoxy) is 2. The molecule has 8 nitrogen and oxygen atoms in total. The Labute approximate surface area is 243 Å². The second-order valence-corrected chi connectivity index (χ2v) is 10.1. The van der Waals surface area contributed by atoms with Crippen LogP contribution in [0.15, 0.2) is 109 Å². The van der Waals surface area contributed by atoms with Gasteiger partial charge in [0.25, 0.3) is 11.7 Å². The fraction of sp³-hybridized carbons (Fsp3) is 0.147. The molecule has 1 N–H and O–H groups in total. The van der Waals surface area contributed by atoms with E-state index in [2.05, 4.69) is 4.98 Å². The molecule has 1 aliphatic heterocycles. The average molecular weight is 560 g/mol. The normalized spacial score (nSPS) is 16.2. The highest BCUT2D eigenvalue weighted by Gasteiger charge is 2.46. The number of methoxy groups -OCH3 is 1. The minimum atomic E-state index is -0.879. The number of aryl methyl sites for hydroxylation is 1. The van der Waals surface area contributed by atoms with Crippen molar-refractivity contribution in [1.82, 2.24) is 14.3 Å². The molecule has 5 aromatic rings. The van der Waals surface area contributed by atoms with Gasteiger partial charge in [-0.2, -0.15) is 0 Å². The lowest BCUT2D eigenvalue weighted by atomic mass is 9.95. The van der Waals surface area contributed by atoms with Crippen LogP contribution in [-0.2, 0) is 22.7 Å². The summed E-state index contributed by atoms with van der Waals surface area (Å²) in [6.45, 7) is 2.28. The summed E-state index contributed by atoms with van der Waals surface area (Å²) >= 11 is 0. The monoisotopic (exact) mass is 559 g/mol. The van der Waals surface area contributed by atoms with Crippen molar-refractivity contribution in [3.8, 4) is 11.5 Å². The molecular weight excluding hydrogens is 530 g/mol. The summed E-state index contributed by atoms with van der Waals surface area (Å²) < 4.78 is 13.4. The smallest absolute Gasteiger partial charge is 0.295 e. The van der Waals surface area contributed by atoms with Crippen LogP contribution in [-0.4, -0.2) is 38.2 Å². The van der Waals surface area contributed by atoms with Crippen molar-refractivity contribution in [1.29, 1.82) is 0 Å². The molecular formula is C34H29N3O5. The molecule has 0 spiro atoms. The van der Waals surface area contributed by atoms with Crippen LogP contribution < -0.4 is 9.47 Å². The molecule has 0 saturated carbocycles. The van der Waals surface area contributed by atoms with Crippen LogP contribution in [0.4, 0.5) is 0 Å². The van der Waals surface area contributed by atoms with E-state index in [4.69, 9.17) is 9.47 Å². The first-order valence-corrected chi connectivity index (χ1v) is 13.6. The molecule has 1 unspecified atom stereocenters. The van der Waals surface area contributed by atoms with Gasteiger partial charge in [0.05, 0.1) is 24.4 Å². The number of carbonyl (C=O) groups is 2. The molecule has 0 bridgehead atoms. The van der Waals surface area contributed by atoms with Crippen LogP contribution >= 0.6 is 0 Å². The molecule has 1 amide bonds. The van der Waals surface area contributed by atoms with Gasteiger partial charge in [-0.1, -0.05) is 72.8 Å². The number of rotatable bonds is 8. The Hall–Kier alpha value is -5.37. The van der Waals surface area contributed by atoms with Gasteiger partial charge in [0, 0.05) is 12.7 Å². The maximum Gasteiger partial charge on any atom is 0.295 e. The van der Waals surface area contributed by atoms with Crippen molar-refractivity contribution in [2.45, 2.75) is 26.1 Å². The molecule has 210 valence electrons. The molecule has 0 radical (unpaired) electrons. The van der Waals surface area contributed by atoms with Gasteiger partial charge in [-0.05, 0) is 47.9 Å². The summed E-state index contributed by atoms with van der Waals surface area (Å²) in [7, 11) is 1.54. The predicted molar refractivity (Wildman–Crippen MR) is 158 cm³/mol. The summed E-state index contributed by atoms with van der Waals surface area (Å²) in [5.41, 5.74) is 3.96. The summed E-state index contributed by atoms with van der Waals surface area (Å²) in [5.74, 6) is -0.779. The first kappa shape index (κ1) is 26.8. The Morgan fingerprint density at radius 2 is 1.57 bits per heavy atom. The van der Waals surface area contributed by atoms with Gasteiger partial charge in [-0.15, -0.1) is 0 Å². The lowest BCUT2D eigenvalue weighted by Gasteiger charge is -2.26. The van der Waals surface area contributed by atoms with Crippen molar-refractivity contribution in [3.05, 3.63) is 137 Å². The van der Waals surface area contributed by atoms with Gasteiger partial charge in [-0.25, -0.2) is 4.98 Å². The van der Waals surface area contributed by atoms with E-state index < -0.39 is 17.7 Å². The molecule has 8 heteroatoms. The zero-order valence-corrected chi connectivity index (χ0v) is 23.2. The molecule has 0 aliphatic carbocycles. The minimum absolute atomic E-state index is 0.00955. The Balaban J connectivity index is 1.47. The van der Waals surface area contributed by atoms with Crippen molar-refractivity contribution in [2.24, 2.45) is 0 Å². The van der Waals surface area contributed by atoms with Gasteiger partial charge in [0.15, 0.2) is 17.3 Å². The quantitative estimate of drug-likeness (QED) is 0.146. The standard InChI is InChI=1S/C34H29N3O5/c1-22-30(36-18-10-9-15-28(36)35-22)32(38)29-31(37(34(40)33(29)39)20-23-11-5-3-6-12-23)25-16-17-26(27(19-25)41-2)42-21-24-13-7-4-8-14-24/h3-19,31,38H,20-21H2,1-2H3. The van der Waals surface area contributed by atoms with E-state index in [1.54, 1.807) is 35.7 Å². The number of benzene rings is 3. The molecule has 2 aromatic heterocycles. The summed E-state index contributed by atoms with van der Waals surface area (Å²) in [4.78, 5) is 33.2. The third-order valence-corrected chi connectivity index (χ3v) is 7.40. The van der Waals surface area contributed by atoms with Crippen LogP contribution in [0.3, 0.4) is 0 Å². The van der Waals surface area contributed by atoms with Gasteiger partial charge < -0.3 is 19.5 Å². The number of imidazole rings is 1. The third-order valence-electron chi connectivity index (χ3n) is 7.40. The number of hydrogen-bond acceptors (Lipinski definition) is 6. The highest BCUT2D eigenvalue weighted by atomic mass is 16.5. The number of Topliss-reactive ketones (excluding diaryl/α,β-unsaturated/α-hetero) is 1. The number of carbonyl (C=O) groups excluding carboxylic acids is 2. The first-order chi connectivity index (χ1) is 20.5.